The topological polar surface area (TPSA) is 115 Å². The first-order chi connectivity index (χ1) is 20.8. The Bertz CT molecular complexity index is 1540. The van der Waals surface area contributed by atoms with Gasteiger partial charge in [0.25, 0.3) is 0 Å². The van der Waals surface area contributed by atoms with Crippen LogP contribution >= 0.6 is 7.60 Å². The maximum atomic E-state index is 12.4. The molecule has 0 bridgehead atoms. The number of nitrogens with zero attached hydrogens (tertiary/aromatic N) is 2. The number of benzene rings is 2. The van der Waals surface area contributed by atoms with Crippen LogP contribution in [-0.2, 0) is 35.9 Å². The first kappa shape index (κ1) is 32.8. The maximum Gasteiger partial charge on any atom is 0.330 e. The number of ether oxygens (including phenoxy) is 3. The zero-order valence-corrected chi connectivity index (χ0v) is 26.7. The third-order valence-corrected chi connectivity index (χ3v) is 9.33. The number of nitrogen functional groups attached to an aromatic ring is 1. The van der Waals surface area contributed by atoms with E-state index in [2.05, 4.69) is 60.2 Å². The Morgan fingerprint density at radius 3 is 2.30 bits per heavy atom. The number of rotatable bonds is 18. The van der Waals surface area contributed by atoms with Crippen LogP contribution in [0.15, 0.2) is 48.7 Å². The predicted molar refractivity (Wildman–Crippen MR) is 172 cm³/mol. The average molecular weight is 610 g/mol. The molecule has 0 fully saturated rings. The summed E-state index contributed by atoms with van der Waals surface area (Å²) in [4.78, 5) is 9.13. The van der Waals surface area contributed by atoms with E-state index < -0.39 is 7.60 Å². The van der Waals surface area contributed by atoms with E-state index in [0.717, 1.165) is 46.0 Å². The van der Waals surface area contributed by atoms with Crippen LogP contribution in [0.5, 0.6) is 5.75 Å². The Morgan fingerprint density at radius 2 is 1.56 bits per heavy atom. The molecule has 0 saturated carbocycles. The van der Waals surface area contributed by atoms with Crippen molar-refractivity contribution in [3.05, 3.63) is 70.9 Å². The highest BCUT2D eigenvalue weighted by molar-refractivity contribution is 7.53. The molecule has 43 heavy (non-hydrogen) atoms. The summed E-state index contributed by atoms with van der Waals surface area (Å²) in [5.74, 6) is 1.29. The molecule has 4 aromatic rings. The third-order valence-electron chi connectivity index (χ3n) is 7.16. The lowest BCUT2D eigenvalue weighted by molar-refractivity contribution is 0.0364. The summed E-state index contributed by atoms with van der Waals surface area (Å²) < 4.78 is 40.1. The van der Waals surface area contributed by atoms with Crippen LogP contribution < -0.4 is 10.5 Å². The van der Waals surface area contributed by atoms with Crippen molar-refractivity contribution in [1.29, 1.82) is 0 Å². The molecule has 0 aliphatic rings. The lowest BCUT2D eigenvalue weighted by Gasteiger charge is -2.16. The Balaban J connectivity index is 1.20. The number of anilines is 1. The average Bonchev–Trinajstić information content (AvgIpc) is 2.98. The van der Waals surface area contributed by atoms with Gasteiger partial charge in [0, 0.05) is 23.6 Å². The van der Waals surface area contributed by atoms with Crippen LogP contribution in [-0.4, -0.2) is 62.4 Å². The van der Waals surface area contributed by atoms with Gasteiger partial charge >= 0.3 is 7.60 Å². The van der Waals surface area contributed by atoms with Gasteiger partial charge in [0.05, 0.1) is 44.7 Å². The van der Waals surface area contributed by atoms with Crippen molar-refractivity contribution in [1.82, 2.24) is 9.97 Å². The number of hydrogen-bond donors (Lipinski definition) is 1. The van der Waals surface area contributed by atoms with Crippen LogP contribution in [0.25, 0.3) is 21.8 Å². The summed E-state index contributed by atoms with van der Waals surface area (Å²) in [5, 5.41) is 2.17. The summed E-state index contributed by atoms with van der Waals surface area (Å²) >= 11 is 0. The summed E-state index contributed by atoms with van der Waals surface area (Å²) in [6.07, 6.45) is 4.53. The monoisotopic (exact) mass is 609 g/mol. The lowest BCUT2D eigenvalue weighted by atomic mass is 9.96. The second-order valence-electron chi connectivity index (χ2n) is 10.4. The number of nitrogens with two attached hydrogens (primary N) is 1. The smallest absolute Gasteiger partial charge is 0.330 e. The predicted octanol–water partition coefficient (Wildman–Crippen LogP) is 6.84. The van der Waals surface area contributed by atoms with E-state index in [1.54, 1.807) is 0 Å². The zero-order chi connectivity index (χ0) is 30.7. The van der Waals surface area contributed by atoms with E-state index in [9.17, 15) is 4.57 Å². The van der Waals surface area contributed by atoms with Crippen molar-refractivity contribution in [3.63, 3.8) is 0 Å². The minimum absolute atomic E-state index is 0.353. The van der Waals surface area contributed by atoms with E-state index >= 15 is 0 Å². The molecular formula is C33H44N3O6P. The third kappa shape index (κ3) is 9.21. The molecular weight excluding hydrogens is 565 g/mol. The molecule has 0 unspecified atom stereocenters. The first-order valence-electron chi connectivity index (χ1n) is 15.0. The minimum Gasteiger partial charge on any atom is -0.491 e. The van der Waals surface area contributed by atoms with Gasteiger partial charge in [-0.3, -0.25) is 9.55 Å². The van der Waals surface area contributed by atoms with Crippen molar-refractivity contribution >= 4 is 35.2 Å². The minimum atomic E-state index is -3.00. The van der Waals surface area contributed by atoms with Gasteiger partial charge < -0.3 is 29.0 Å². The number of hydrogen-bond acceptors (Lipinski definition) is 9. The number of aryl methyl sites for hydroxylation is 4. The van der Waals surface area contributed by atoms with Gasteiger partial charge in [-0.1, -0.05) is 18.2 Å². The van der Waals surface area contributed by atoms with Crippen LogP contribution in [0.1, 0.15) is 42.5 Å². The fourth-order valence-corrected chi connectivity index (χ4v) is 6.74. The molecule has 2 N–H and O–H groups in total. The van der Waals surface area contributed by atoms with Crippen LogP contribution in [0.3, 0.4) is 0 Å². The van der Waals surface area contributed by atoms with Crippen molar-refractivity contribution in [2.24, 2.45) is 0 Å². The molecule has 0 aliphatic carbocycles. The van der Waals surface area contributed by atoms with Crippen LogP contribution in [0.4, 0.5) is 5.82 Å². The second-order valence-corrected chi connectivity index (χ2v) is 12.6. The second kappa shape index (κ2) is 16.1. The van der Waals surface area contributed by atoms with Crippen molar-refractivity contribution in [2.75, 3.05) is 58.1 Å². The van der Waals surface area contributed by atoms with Crippen molar-refractivity contribution in [2.45, 2.75) is 47.0 Å². The number of fused-ring (bicyclic) bond motifs is 3. The standard InChI is InChI=1S/C33H44N3O6P/c1-5-41-43(37,42-6-2)21-7-16-38-17-18-39-19-20-40-28-12-11-26(25(4)23-28)9-10-27-14-15-35-32-31(27)29-13-8-24(3)22-30(29)36-33(32)34/h8,11-15,22-23H,5-7,9-10,16-21H2,1-4H3,(H2,34,36). The quantitative estimate of drug-likeness (QED) is 0.0736. The van der Waals surface area contributed by atoms with Crippen LogP contribution in [0, 0.1) is 13.8 Å². The van der Waals surface area contributed by atoms with Gasteiger partial charge in [-0.05, 0) is 93.5 Å². The van der Waals surface area contributed by atoms with Crippen molar-refractivity contribution in [3.8, 4) is 5.75 Å². The van der Waals surface area contributed by atoms with Gasteiger partial charge in [-0.2, -0.15) is 0 Å². The van der Waals surface area contributed by atoms with Gasteiger partial charge in [0.2, 0.25) is 0 Å². The van der Waals surface area contributed by atoms with E-state index in [1.165, 1.54) is 16.7 Å². The van der Waals surface area contributed by atoms with E-state index in [-0.39, 0.29) is 0 Å². The molecule has 0 saturated heterocycles. The Kier molecular flexibility index (Phi) is 12.3. The lowest BCUT2D eigenvalue weighted by Crippen LogP contribution is -2.12. The number of aromatic nitrogens is 2. The highest BCUT2D eigenvalue weighted by Crippen LogP contribution is 2.48. The highest BCUT2D eigenvalue weighted by atomic mass is 31.2. The fourth-order valence-electron chi connectivity index (χ4n) is 5.10. The summed E-state index contributed by atoms with van der Waals surface area (Å²) in [6.45, 7) is 10.9. The largest absolute Gasteiger partial charge is 0.491 e. The van der Waals surface area contributed by atoms with E-state index in [0.29, 0.717) is 64.6 Å². The molecule has 0 atom stereocenters. The maximum absolute atomic E-state index is 12.4. The Morgan fingerprint density at radius 1 is 0.837 bits per heavy atom. The zero-order valence-electron chi connectivity index (χ0n) is 25.8. The molecule has 0 radical (unpaired) electrons. The summed E-state index contributed by atoms with van der Waals surface area (Å²) in [6, 6.07) is 14.6. The normalized spacial score (nSPS) is 11.9. The summed E-state index contributed by atoms with van der Waals surface area (Å²) in [7, 11) is -3.00. The van der Waals surface area contributed by atoms with Gasteiger partial charge in [-0.15, -0.1) is 0 Å². The molecule has 2 heterocycles. The first-order valence-corrected chi connectivity index (χ1v) is 16.8. The molecule has 2 aromatic carbocycles. The molecule has 0 aliphatic heterocycles. The van der Waals surface area contributed by atoms with E-state index in [1.807, 2.05) is 26.1 Å². The highest BCUT2D eigenvalue weighted by Gasteiger charge is 2.22. The molecule has 2 aromatic heterocycles. The van der Waals surface area contributed by atoms with Gasteiger partial charge in [0.15, 0.2) is 5.82 Å². The molecule has 10 heteroatoms. The van der Waals surface area contributed by atoms with Gasteiger partial charge in [-0.25, -0.2) is 4.98 Å². The molecule has 232 valence electrons. The van der Waals surface area contributed by atoms with Gasteiger partial charge in [0.1, 0.15) is 17.9 Å². The summed E-state index contributed by atoms with van der Waals surface area (Å²) in [5.41, 5.74) is 12.8. The molecule has 4 rings (SSSR count). The Hall–Kier alpha value is -3.07. The number of pyridine rings is 2. The van der Waals surface area contributed by atoms with Crippen LogP contribution in [0.2, 0.25) is 0 Å². The molecule has 0 amide bonds. The van der Waals surface area contributed by atoms with E-state index in [4.69, 9.17) is 29.0 Å². The molecule has 0 spiro atoms. The SMILES string of the molecule is CCOP(=O)(CCCOCCOCCOc1ccc(CCc2ccnc3c(N)nc4cc(C)ccc4c23)c(C)c1)OCC. The Labute approximate surface area is 254 Å². The molecule has 9 nitrogen and oxygen atoms in total. The van der Waals surface area contributed by atoms with Crippen molar-refractivity contribution < 1.29 is 27.8 Å². The fraction of sp³-hybridized carbons (Fsp3) is 0.455.